The van der Waals surface area contributed by atoms with Crippen LogP contribution in [0.4, 0.5) is 34.1 Å². The highest BCUT2D eigenvalue weighted by Crippen LogP contribution is 2.57. The molecule has 0 unspecified atom stereocenters. The molecule has 18 rings (SSSR count). The third-order valence-corrected chi connectivity index (χ3v) is 25.4. The van der Waals surface area contributed by atoms with E-state index in [0.29, 0.717) is 5.69 Å². The van der Waals surface area contributed by atoms with Crippen LogP contribution >= 0.6 is 0 Å². The predicted octanol–water partition coefficient (Wildman–Crippen LogP) is 30.1. The van der Waals surface area contributed by atoms with Gasteiger partial charge in [-0.2, -0.15) is 0 Å². The van der Waals surface area contributed by atoms with Crippen molar-refractivity contribution in [2.24, 2.45) is 0 Å². The molecule has 0 amide bonds. The molecular formula is C115H118BN5. The number of rotatable bonds is 9. The summed E-state index contributed by atoms with van der Waals surface area (Å²) in [6, 6.07) is 82.6. The van der Waals surface area contributed by atoms with E-state index in [9.17, 15) is 11.0 Å². The first-order chi connectivity index (χ1) is 60.4. The molecule has 0 radical (unpaired) electrons. The number of nitrogens with zero attached hydrogens (tertiary/aromatic N) is 5. The van der Waals surface area contributed by atoms with E-state index in [1.165, 1.54) is 22.3 Å². The van der Waals surface area contributed by atoms with Crippen molar-refractivity contribution in [2.75, 3.05) is 9.80 Å². The molecule has 0 N–H and O–H groups in total. The van der Waals surface area contributed by atoms with Gasteiger partial charge < -0.3 is 18.9 Å². The molecule has 13 aromatic carbocycles. The van der Waals surface area contributed by atoms with Crippen LogP contribution in [-0.2, 0) is 43.3 Å². The van der Waals surface area contributed by atoms with Crippen molar-refractivity contribution in [2.45, 2.75) is 209 Å². The molecule has 0 saturated carbocycles. The van der Waals surface area contributed by atoms with Crippen molar-refractivity contribution in [3.05, 3.63) is 324 Å². The summed E-state index contributed by atoms with van der Waals surface area (Å²) in [4.78, 5) is 10.9. The maximum atomic E-state index is 10.5. The molecule has 0 aliphatic carbocycles. The molecular weight excluding hydrogens is 1460 g/mol. The summed E-state index contributed by atoms with van der Waals surface area (Å²) >= 11 is 0. The Balaban J connectivity index is 1.12. The molecule has 6 heteroatoms. The number of aromatic nitrogens is 3. The smallest absolute Gasteiger partial charge is 0.252 e. The topological polar surface area (TPSA) is 29.2 Å². The van der Waals surface area contributed by atoms with Crippen molar-refractivity contribution in [1.82, 2.24) is 14.1 Å². The normalized spacial score (nSPS) is 14.5. The van der Waals surface area contributed by atoms with Gasteiger partial charge in [-0.05, 0) is 207 Å². The van der Waals surface area contributed by atoms with Crippen LogP contribution in [0.25, 0.3) is 111 Å². The van der Waals surface area contributed by atoms with Crippen LogP contribution in [0.1, 0.15) is 222 Å². The predicted molar refractivity (Wildman–Crippen MR) is 524 cm³/mol. The summed E-state index contributed by atoms with van der Waals surface area (Å²) in [6.07, 6.45) is 0. The van der Waals surface area contributed by atoms with E-state index < -0.39 is 65.9 Å². The SMILES string of the molecule is [2H]c1c([2H])c([2H])c2c(c1[2H])c1c([2H])c([2H])c([2H])c([2H])c1n2-c1cc2c3c(c1)N(c1c(-c4ccccc4)cc(C(C)(C)C)cc1-c1ccc(C(C)(C)C)nc1C(C)(C)C)c1cc(-c4cc(C(C)(C)C)cc(C(C)(C)C)c4)ccc1B3c1ccc(-n3c4ccc(C(C)(C)C)cc4c4cc(C(C)(C)C)ccc43)cc1N2c1c(-c2ccccc2)cc(C(C)(C)C)cc1-c1ccccc1. The highest BCUT2D eigenvalue weighted by atomic mass is 15.2. The Labute approximate surface area is 731 Å². The van der Waals surface area contributed by atoms with Crippen LogP contribution in [0.15, 0.2) is 279 Å². The minimum absolute atomic E-state index is 0.00952. The zero-order valence-electron chi connectivity index (χ0n) is 83.3. The van der Waals surface area contributed by atoms with Crippen molar-refractivity contribution < 1.29 is 11.0 Å². The maximum Gasteiger partial charge on any atom is 0.252 e. The Morgan fingerprint density at radius 1 is 0.264 bits per heavy atom. The molecule has 5 nitrogen and oxygen atoms in total. The average molecular weight is 1590 g/mol. The van der Waals surface area contributed by atoms with Gasteiger partial charge in [0.25, 0.3) is 6.71 Å². The Hall–Kier alpha value is -11.7. The summed E-state index contributed by atoms with van der Waals surface area (Å²) in [5, 5.41) is 2.26. The van der Waals surface area contributed by atoms with Gasteiger partial charge in [-0.15, -0.1) is 0 Å². The standard InChI is InChI=1S/C115H118BN5/c1-108(2,3)76-49-55-97-90(62-76)91-63-77(109(4,5)6)50-56-98(91)118(97)82-51-54-94-100(68-82)121(105-87(71-38-28-25-29-39-71)64-80(112(13,14)15)65-88(105)72-40-30-26-31-41-72)102-70-83(119-95-46-36-34-44-84(95)85-45-35-37-47-96(85)119)69-101-104(102)116(94)93-53-48-74(75-58-78(110(7,8)9)61-79(59-75)111(10,11)12)60-99(93)120(101)106-89(73-42-32-27-33-43-73)66-81(113(16,17)18)67-92(106)86-52-57-103(114(19,20)21)117-107(86)115(22,23)24/h25-70H,1-24H3/i34D,35D,36D,37D,44D,45D,46D,47D. The molecule has 2 aliphatic heterocycles. The zero-order chi connectivity index (χ0) is 92.4. The lowest BCUT2D eigenvalue weighted by atomic mass is 9.33. The van der Waals surface area contributed by atoms with Gasteiger partial charge in [-0.3, -0.25) is 4.98 Å². The molecule has 0 bridgehead atoms. The minimum Gasteiger partial charge on any atom is -0.310 e. The van der Waals surface area contributed by atoms with Crippen LogP contribution < -0.4 is 26.2 Å². The van der Waals surface area contributed by atoms with Gasteiger partial charge in [0.2, 0.25) is 0 Å². The van der Waals surface area contributed by atoms with E-state index >= 15 is 0 Å². The molecule has 606 valence electrons. The third-order valence-electron chi connectivity index (χ3n) is 25.4. The highest BCUT2D eigenvalue weighted by Gasteiger charge is 2.47. The number of anilines is 6. The van der Waals surface area contributed by atoms with E-state index in [1.54, 1.807) is 4.57 Å². The van der Waals surface area contributed by atoms with E-state index in [-0.39, 0.29) is 54.3 Å². The first kappa shape index (κ1) is 71.1. The summed E-state index contributed by atoms with van der Waals surface area (Å²) in [5.74, 6) is 0. The van der Waals surface area contributed by atoms with Crippen LogP contribution in [0.5, 0.6) is 0 Å². The summed E-state index contributed by atoms with van der Waals surface area (Å²) in [7, 11) is 0. The Bertz CT molecular complexity index is 7100. The van der Waals surface area contributed by atoms with Crippen molar-refractivity contribution >= 4 is 101 Å². The first-order valence-electron chi connectivity index (χ1n) is 47.3. The van der Waals surface area contributed by atoms with Gasteiger partial charge in [0.15, 0.2) is 0 Å². The number of benzene rings is 13. The van der Waals surface area contributed by atoms with Crippen molar-refractivity contribution in [3.63, 3.8) is 0 Å². The van der Waals surface area contributed by atoms with E-state index in [1.807, 2.05) is 0 Å². The molecule has 3 aromatic heterocycles. The molecule has 2 aliphatic rings. The fraction of sp³-hybridized carbons (Fsp3) is 0.278. The maximum absolute atomic E-state index is 10.5. The molecule has 0 saturated heterocycles. The van der Waals surface area contributed by atoms with Gasteiger partial charge in [-0.1, -0.05) is 348 Å². The molecule has 121 heavy (non-hydrogen) atoms. The van der Waals surface area contributed by atoms with Crippen molar-refractivity contribution in [1.29, 1.82) is 0 Å². The van der Waals surface area contributed by atoms with E-state index in [4.69, 9.17) is 4.98 Å². The Morgan fingerprint density at radius 3 is 1.08 bits per heavy atom. The quantitative estimate of drug-likeness (QED) is 0.135. The first-order valence-corrected chi connectivity index (χ1v) is 43.3. The fourth-order valence-corrected chi connectivity index (χ4v) is 18.5. The van der Waals surface area contributed by atoms with Gasteiger partial charge in [0.05, 0.1) is 55.8 Å². The summed E-state index contributed by atoms with van der Waals surface area (Å²) in [6.45, 7) is 54.1. The Kier molecular flexibility index (Phi) is 16.7. The Morgan fingerprint density at radius 2 is 0.653 bits per heavy atom. The van der Waals surface area contributed by atoms with Gasteiger partial charge in [0, 0.05) is 94.3 Å². The minimum atomic E-state index is -0.588. The number of para-hydroxylation sites is 2. The lowest BCUT2D eigenvalue weighted by Gasteiger charge is -2.46. The zero-order valence-corrected chi connectivity index (χ0v) is 75.3. The van der Waals surface area contributed by atoms with E-state index in [0.717, 1.165) is 156 Å². The second kappa shape index (κ2) is 28.5. The largest absolute Gasteiger partial charge is 0.310 e. The van der Waals surface area contributed by atoms with Crippen LogP contribution in [0.2, 0.25) is 0 Å². The fourth-order valence-electron chi connectivity index (χ4n) is 18.5. The van der Waals surface area contributed by atoms with Crippen molar-refractivity contribution in [3.8, 4) is 67.0 Å². The lowest BCUT2D eigenvalue weighted by molar-refractivity contribution is 0.532. The molecule has 0 atom stereocenters. The van der Waals surface area contributed by atoms with Crippen LogP contribution in [0, 0.1) is 0 Å². The monoisotopic (exact) mass is 1590 g/mol. The van der Waals surface area contributed by atoms with Crippen LogP contribution in [0.3, 0.4) is 0 Å². The molecule has 0 fully saturated rings. The average Bonchev–Trinajstić information content (AvgIpc) is 1.60. The highest BCUT2D eigenvalue weighted by molar-refractivity contribution is 7.00. The lowest BCUT2D eigenvalue weighted by Crippen LogP contribution is -2.61. The second-order valence-electron chi connectivity index (χ2n) is 42.4. The summed E-state index contributed by atoms with van der Waals surface area (Å²) in [5.41, 5.74) is 27.5. The molecule has 0 spiro atoms. The van der Waals surface area contributed by atoms with Gasteiger partial charge in [-0.25, -0.2) is 0 Å². The van der Waals surface area contributed by atoms with Gasteiger partial charge in [0.1, 0.15) is 0 Å². The number of fused-ring (bicyclic) bond motifs is 10. The van der Waals surface area contributed by atoms with E-state index in [2.05, 4.69) is 411 Å². The summed E-state index contributed by atoms with van der Waals surface area (Å²) < 4.78 is 84.0. The third kappa shape index (κ3) is 14.0. The van der Waals surface area contributed by atoms with Crippen LogP contribution in [-0.4, -0.2) is 20.8 Å². The number of hydrogen-bond acceptors (Lipinski definition) is 3. The second-order valence-corrected chi connectivity index (χ2v) is 42.4. The molecule has 5 heterocycles. The number of pyridine rings is 1. The van der Waals surface area contributed by atoms with Gasteiger partial charge >= 0.3 is 0 Å². The number of hydrogen-bond donors (Lipinski definition) is 0. The molecule has 16 aromatic rings.